The van der Waals surface area contributed by atoms with Crippen LogP contribution in [0.3, 0.4) is 0 Å². The number of allylic oxidation sites excluding steroid dienone is 4. The zero-order chi connectivity index (χ0) is 41.5. The van der Waals surface area contributed by atoms with E-state index in [1.165, 1.54) is 0 Å². The third-order valence-electron chi connectivity index (χ3n) is 14.5. The van der Waals surface area contributed by atoms with Gasteiger partial charge in [-0.2, -0.15) is 0 Å². The molecule has 0 atom stereocenters. The number of hydrogen-bond donors (Lipinski definition) is 0. The van der Waals surface area contributed by atoms with E-state index >= 15 is 0 Å². The molecular formula is C46H62N2O8. The highest BCUT2D eigenvalue weighted by Gasteiger charge is 2.55. The first kappa shape index (κ1) is 38.5. The van der Waals surface area contributed by atoms with Crippen LogP contribution < -0.4 is 29.6 Å². The first-order chi connectivity index (χ1) is 25.4. The van der Waals surface area contributed by atoms with Crippen LogP contribution in [0.1, 0.15) is 129 Å². The average Bonchev–Trinajstić information content (AvgIpc) is 3.66. The van der Waals surface area contributed by atoms with Crippen molar-refractivity contribution in [1.29, 1.82) is 0 Å². The predicted octanol–water partition coefficient (Wildman–Crippen LogP) is 8.32. The molecule has 0 amide bonds. The highest BCUT2D eigenvalue weighted by molar-refractivity contribution is 5.98. The molecule has 6 aliphatic rings. The topological polar surface area (TPSA) is 83.7 Å². The second kappa shape index (κ2) is 10.8. The predicted molar refractivity (Wildman–Crippen MR) is 217 cm³/mol. The van der Waals surface area contributed by atoms with Gasteiger partial charge in [0.15, 0.2) is 46.0 Å². The minimum absolute atomic E-state index is 0.558. The molecule has 304 valence electrons. The Morgan fingerprint density at radius 1 is 0.375 bits per heavy atom. The summed E-state index contributed by atoms with van der Waals surface area (Å²) in [5, 5.41) is 1.62. The molecule has 10 nitrogen and oxygen atoms in total. The van der Waals surface area contributed by atoms with E-state index in [9.17, 15) is 0 Å². The van der Waals surface area contributed by atoms with Gasteiger partial charge in [-0.3, -0.25) is 0 Å². The molecule has 0 bridgehead atoms. The molecule has 10 heteroatoms. The lowest BCUT2D eigenvalue weighted by molar-refractivity contribution is -0.160. The Morgan fingerprint density at radius 2 is 0.714 bits per heavy atom. The number of ether oxygens (including phenoxy) is 8. The Labute approximate surface area is 332 Å². The first-order valence-corrected chi connectivity index (χ1v) is 20.0. The Morgan fingerprint density at radius 3 is 1.18 bits per heavy atom. The zero-order valence-electron chi connectivity index (χ0n) is 37.3. The molecule has 0 saturated carbocycles. The second-order valence-electron chi connectivity index (χ2n) is 20.5. The fourth-order valence-corrected chi connectivity index (χ4v) is 7.84. The molecule has 4 aliphatic heterocycles. The van der Waals surface area contributed by atoms with Crippen LogP contribution >= 0.6 is 0 Å². The fourth-order valence-electron chi connectivity index (χ4n) is 7.84. The van der Waals surface area contributed by atoms with E-state index in [-0.39, 0.29) is 0 Å². The summed E-state index contributed by atoms with van der Waals surface area (Å²) < 4.78 is 60.0. The molecule has 0 saturated heterocycles. The van der Waals surface area contributed by atoms with Crippen LogP contribution in [0.25, 0.3) is 16.7 Å². The third-order valence-corrected chi connectivity index (χ3v) is 14.5. The number of nitrogens with zero attached hydrogens (tertiary/aromatic N) is 2. The molecule has 0 aromatic carbocycles. The molecule has 0 N–H and O–H groups in total. The van der Waals surface area contributed by atoms with Gasteiger partial charge in [0.1, 0.15) is 44.8 Å². The van der Waals surface area contributed by atoms with Crippen LogP contribution in [0.4, 0.5) is 0 Å². The first-order valence-electron chi connectivity index (χ1n) is 20.0. The van der Waals surface area contributed by atoms with Crippen LogP contribution in [0, 0.1) is 6.92 Å². The largest absolute Gasteiger partial charge is 0.480 e. The Kier molecular flexibility index (Phi) is 7.42. The number of fused-ring (bicyclic) bond motifs is 2. The van der Waals surface area contributed by atoms with Gasteiger partial charge in [-0.1, -0.05) is 0 Å². The minimum atomic E-state index is -0.702. The lowest BCUT2D eigenvalue weighted by Crippen LogP contribution is -2.57. The molecule has 2 aromatic heterocycles. The highest BCUT2D eigenvalue weighted by atomic mass is 16.6. The van der Waals surface area contributed by atoms with Crippen LogP contribution in [0.5, 0.6) is 23.0 Å². The van der Waals surface area contributed by atoms with Crippen molar-refractivity contribution in [1.82, 2.24) is 9.13 Å². The molecule has 8 rings (SSSR count). The molecule has 6 heterocycles. The van der Waals surface area contributed by atoms with Gasteiger partial charge in [0.2, 0.25) is 0 Å². The van der Waals surface area contributed by atoms with Crippen molar-refractivity contribution in [2.75, 3.05) is 0 Å². The molecule has 2 aromatic rings. The normalized spacial score (nSPS) is 27.9. The van der Waals surface area contributed by atoms with Crippen LogP contribution in [0.2, 0.25) is 0 Å². The Balaban J connectivity index is 1.50. The summed E-state index contributed by atoms with van der Waals surface area (Å²) in [6.07, 6.45) is 4.29. The van der Waals surface area contributed by atoms with E-state index in [2.05, 4.69) is 153 Å². The number of aromatic nitrogens is 2. The van der Waals surface area contributed by atoms with Gasteiger partial charge in [-0.25, -0.2) is 0 Å². The van der Waals surface area contributed by atoms with Crippen molar-refractivity contribution in [2.45, 2.75) is 169 Å². The van der Waals surface area contributed by atoms with Gasteiger partial charge in [-0.15, -0.1) is 0 Å². The maximum atomic E-state index is 7.13. The Hall–Kier alpha value is -4.34. The monoisotopic (exact) mass is 770 g/mol. The molecule has 0 unspecified atom stereocenters. The van der Waals surface area contributed by atoms with E-state index in [4.69, 9.17) is 37.9 Å². The van der Waals surface area contributed by atoms with Gasteiger partial charge < -0.3 is 47.0 Å². The van der Waals surface area contributed by atoms with Crippen LogP contribution in [0.15, 0.2) is 40.8 Å². The summed E-state index contributed by atoms with van der Waals surface area (Å²) in [5.74, 6) is 5.34. The molecule has 0 spiro atoms. The number of rotatable bonds is 1. The quantitative estimate of drug-likeness (QED) is 0.287. The lowest BCUT2D eigenvalue weighted by Gasteiger charge is -2.46. The van der Waals surface area contributed by atoms with Crippen molar-refractivity contribution in [2.24, 2.45) is 14.1 Å². The van der Waals surface area contributed by atoms with Gasteiger partial charge >= 0.3 is 0 Å². The highest BCUT2D eigenvalue weighted by Crippen LogP contribution is 2.56. The van der Waals surface area contributed by atoms with Gasteiger partial charge in [0.05, 0.1) is 22.1 Å². The molecular weight excluding hydrogens is 709 g/mol. The summed E-state index contributed by atoms with van der Waals surface area (Å²) in [7, 11) is 4.10. The summed E-state index contributed by atoms with van der Waals surface area (Å²) in [4.78, 5) is 0. The molecule has 0 fully saturated rings. The molecule has 0 radical (unpaired) electrons. The maximum Gasteiger partial charge on any atom is 0.188 e. The summed E-state index contributed by atoms with van der Waals surface area (Å²) >= 11 is 0. The van der Waals surface area contributed by atoms with Crippen molar-refractivity contribution in [3.63, 3.8) is 0 Å². The van der Waals surface area contributed by atoms with Gasteiger partial charge in [-0.05, 0) is 142 Å². The van der Waals surface area contributed by atoms with Crippen molar-refractivity contribution < 1.29 is 37.9 Å². The van der Waals surface area contributed by atoms with Crippen LogP contribution in [-0.4, -0.2) is 53.9 Å². The van der Waals surface area contributed by atoms with Crippen molar-refractivity contribution in [3.05, 3.63) is 62.8 Å². The van der Waals surface area contributed by atoms with Crippen molar-refractivity contribution >= 4 is 16.7 Å². The Bertz CT molecular complexity index is 2410. The van der Waals surface area contributed by atoms with Gasteiger partial charge in [0, 0.05) is 30.8 Å². The van der Waals surface area contributed by atoms with Crippen molar-refractivity contribution in [3.8, 4) is 23.0 Å². The lowest BCUT2D eigenvalue weighted by atomic mass is 9.87. The second-order valence-corrected chi connectivity index (χ2v) is 20.5. The fraction of sp³-hybridized carbons (Fsp3) is 0.609. The zero-order valence-corrected chi connectivity index (χ0v) is 37.3. The maximum absolute atomic E-state index is 7.13. The van der Waals surface area contributed by atoms with E-state index < -0.39 is 44.8 Å². The molecule has 56 heavy (non-hydrogen) atoms. The SMILES string of the molecule is CC1=C/C(=c2\c3c(/c(=C4\C=C(c5c6c(c(C)n5C)OC(C)(C)C(C)(C)O6)C5=C4OC(C)(C)C(C)(C)O5)n2C)OC(C)(C)C(C)(C)O3)C2=C1OC(C)(C)C(C)(C)O2. The van der Waals surface area contributed by atoms with Gasteiger partial charge in [0.25, 0.3) is 0 Å². The average molecular weight is 771 g/mol. The van der Waals surface area contributed by atoms with E-state index in [1.54, 1.807) is 0 Å². The minimum Gasteiger partial charge on any atom is -0.480 e. The summed E-state index contributed by atoms with van der Waals surface area (Å²) in [5.41, 5.74) is 0.146. The smallest absolute Gasteiger partial charge is 0.188 e. The number of hydrogen-bond acceptors (Lipinski definition) is 8. The van der Waals surface area contributed by atoms with E-state index in [0.717, 1.165) is 55.9 Å². The van der Waals surface area contributed by atoms with E-state index in [1.807, 2.05) is 7.05 Å². The summed E-state index contributed by atoms with van der Waals surface area (Å²) in [6.45, 7) is 37.2. The standard InChI is InChI=1S/C46H62N2O8/c1-23-21-25(33-31(23)49-39(3,4)41(7,8)51-33)29-37-38(56-46(17,18)45(15,16)55-37)30(48(29)20)27-22-26(34-35(27)53-43(11,12)42(9,10)52-34)28-36-32(24(2)47(28)19)50-40(5,6)44(13,14)54-36/h21-22H,1-20H3/b29-25-,30-27-. The van der Waals surface area contributed by atoms with Crippen LogP contribution in [-0.2, 0) is 33.0 Å². The molecule has 2 aliphatic carbocycles. The van der Waals surface area contributed by atoms with E-state index in [0.29, 0.717) is 34.5 Å². The third kappa shape index (κ3) is 4.85. The summed E-state index contributed by atoms with van der Waals surface area (Å²) in [6, 6.07) is 0.